The van der Waals surface area contributed by atoms with E-state index in [9.17, 15) is 23.1 Å². The molecule has 0 radical (unpaired) electrons. The molecule has 4 rings (SSSR count). The highest BCUT2D eigenvalue weighted by Gasteiger charge is 2.44. The fourth-order valence-corrected chi connectivity index (χ4v) is 6.01. The van der Waals surface area contributed by atoms with Crippen LogP contribution in [0.4, 0.5) is 0 Å². The van der Waals surface area contributed by atoms with Crippen molar-refractivity contribution >= 4 is 21.9 Å². The maximum Gasteiger partial charge on any atom is 0.325 e. The molecule has 2 unspecified atom stereocenters. The third kappa shape index (κ3) is 4.80. The Kier molecular flexibility index (Phi) is 6.56. The lowest BCUT2D eigenvalue weighted by atomic mass is 10.00. The van der Waals surface area contributed by atoms with E-state index >= 15 is 0 Å². The van der Waals surface area contributed by atoms with E-state index in [0.717, 1.165) is 27.4 Å². The minimum atomic E-state index is -4.02. The van der Waals surface area contributed by atoms with Gasteiger partial charge in [-0.3, -0.25) is 9.59 Å². The SMILES string of the molecule is Cc1ccc(S(=O)(=O)N2CC(O)CC2C(=O)OCC(=O)N2CCc3ccccc3C2)cc1C. The topological polar surface area (TPSA) is 104 Å². The largest absolute Gasteiger partial charge is 0.454 e. The first-order valence-corrected chi connectivity index (χ1v) is 12.4. The van der Waals surface area contributed by atoms with E-state index < -0.39 is 34.7 Å². The first kappa shape index (κ1) is 23.4. The zero-order valence-electron chi connectivity index (χ0n) is 18.7. The molecule has 1 fully saturated rings. The molecule has 2 aromatic rings. The molecule has 0 aromatic heterocycles. The Morgan fingerprint density at radius 2 is 1.82 bits per heavy atom. The average molecular weight is 473 g/mol. The standard InChI is InChI=1S/C24H28N2O6S/c1-16-7-8-21(11-17(16)2)33(30,31)26-14-20(27)12-22(26)24(29)32-15-23(28)25-10-9-18-5-3-4-6-19(18)13-25/h3-8,11,20,22,27H,9-10,12-15H2,1-2H3. The fourth-order valence-electron chi connectivity index (χ4n) is 4.30. The first-order chi connectivity index (χ1) is 15.7. The number of rotatable bonds is 5. The van der Waals surface area contributed by atoms with Gasteiger partial charge in [0.1, 0.15) is 6.04 Å². The lowest BCUT2D eigenvalue weighted by Gasteiger charge is -2.29. The quantitative estimate of drug-likeness (QED) is 0.663. The third-order valence-electron chi connectivity index (χ3n) is 6.41. The molecular weight excluding hydrogens is 444 g/mol. The molecule has 1 amide bonds. The van der Waals surface area contributed by atoms with Gasteiger partial charge in [0, 0.05) is 26.1 Å². The number of sulfonamides is 1. The number of hydrogen-bond acceptors (Lipinski definition) is 6. The maximum atomic E-state index is 13.2. The van der Waals surface area contributed by atoms with E-state index in [-0.39, 0.29) is 23.8 Å². The molecule has 2 aromatic carbocycles. The number of hydrogen-bond donors (Lipinski definition) is 1. The van der Waals surface area contributed by atoms with Crippen LogP contribution in [0.25, 0.3) is 0 Å². The van der Waals surface area contributed by atoms with Gasteiger partial charge in [-0.25, -0.2) is 8.42 Å². The number of aliphatic hydroxyl groups excluding tert-OH is 1. The van der Waals surface area contributed by atoms with Gasteiger partial charge >= 0.3 is 5.97 Å². The monoisotopic (exact) mass is 472 g/mol. The molecule has 2 heterocycles. The lowest BCUT2D eigenvalue weighted by Crippen LogP contribution is -2.43. The molecular formula is C24H28N2O6S. The second kappa shape index (κ2) is 9.24. The second-order valence-electron chi connectivity index (χ2n) is 8.67. The number of nitrogens with zero attached hydrogens (tertiary/aromatic N) is 2. The van der Waals surface area contributed by atoms with Crippen LogP contribution in [0.5, 0.6) is 0 Å². The highest BCUT2D eigenvalue weighted by Crippen LogP contribution is 2.28. The molecule has 1 saturated heterocycles. The van der Waals surface area contributed by atoms with Crippen molar-refractivity contribution in [2.75, 3.05) is 19.7 Å². The number of carbonyl (C=O) groups is 2. The van der Waals surface area contributed by atoms with Crippen LogP contribution >= 0.6 is 0 Å². The van der Waals surface area contributed by atoms with Crippen LogP contribution in [0.2, 0.25) is 0 Å². The number of β-amino-alcohol motifs (C(OH)–C–C–N with tert-alkyl or cyclic N) is 1. The average Bonchev–Trinajstić information content (AvgIpc) is 3.21. The normalized spacial score (nSPS) is 21.0. The van der Waals surface area contributed by atoms with Gasteiger partial charge in [0.2, 0.25) is 10.0 Å². The van der Waals surface area contributed by atoms with Crippen LogP contribution in [0.1, 0.15) is 28.7 Å². The molecule has 33 heavy (non-hydrogen) atoms. The van der Waals surface area contributed by atoms with E-state index in [4.69, 9.17) is 4.74 Å². The van der Waals surface area contributed by atoms with Crippen LogP contribution in [0, 0.1) is 13.8 Å². The summed E-state index contributed by atoms with van der Waals surface area (Å²) in [7, 11) is -4.02. The molecule has 0 spiro atoms. The predicted molar refractivity (Wildman–Crippen MR) is 121 cm³/mol. The Labute approximate surface area is 193 Å². The van der Waals surface area contributed by atoms with E-state index in [0.29, 0.717) is 13.1 Å². The van der Waals surface area contributed by atoms with Gasteiger partial charge in [-0.2, -0.15) is 4.31 Å². The molecule has 1 N–H and O–H groups in total. The van der Waals surface area contributed by atoms with Gasteiger partial charge in [-0.05, 0) is 54.7 Å². The number of benzene rings is 2. The van der Waals surface area contributed by atoms with Crippen LogP contribution in [-0.4, -0.2) is 66.4 Å². The van der Waals surface area contributed by atoms with Crippen LogP contribution < -0.4 is 0 Å². The Balaban J connectivity index is 1.42. The van der Waals surface area contributed by atoms with E-state index in [1.807, 2.05) is 38.1 Å². The highest BCUT2D eigenvalue weighted by molar-refractivity contribution is 7.89. The molecule has 0 saturated carbocycles. The Morgan fingerprint density at radius 1 is 1.09 bits per heavy atom. The van der Waals surface area contributed by atoms with Gasteiger partial charge in [-0.15, -0.1) is 0 Å². The van der Waals surface area contributed by atoms with Gasteiger partial charge < -0.3 is 14.7 Å². The molecule has 2 aliphatic heterocycles. The van der Waals surface area contributed by atoms with Crippen molar-refractivity contribution in [2.45, 2.75) is 50.3 Å². The van der Waals surface area contributed by atoms with E-state index in [1.165, 1.54) is 11.6 Å². The molecule has 8 nitrogen and oxygen atoms in total. The van der Waals surface area contributed by atoms with Crippen molar-refractivity contribution in [2.24, 2.45) is 0 Å². The van der Waals surface area contributed by atoms with E-state index in [2.05, 4.69) is 0 Å². The summed E-state index contributed by atoms with van der Waals surface area (Å²) in [4.78, 5) is 27.1. The number of esters is 1. The van der Waals surface area contributed by atoms with Crippen molar-refractivity contribution in [3.63, 3.8) is 0 Å². The summed E-state index contributed by atoms with van der Waals surface area (Å²) in [5.41, 5.74) is 4.02. The van der Waals surface area contributed by atoms with Crippen molar-refractivity contribution in [1.82, 2.24) is 9.21 Å². The number of amides is 1. The summed E-state index contributed by atoms with van der Waals surface area (Å²) < 4.78 is 32.6. The third-order valence-corrected chi connectivity index (χ3v) is 8.28. The van der Waals surface area contributed by atoms with Crippen molar-refractivity contribution in [1.29, 1.82) is 0 Å². The molecule has 0 bridgehead atoms. The van der Waals surface area contributed by atoms with Crippen molar-refractivity contribution in [3.8, 4) is 0 Å². The number of carbonyl (C=O) groups excluding carboxylic acids is 2. The Hall–Kier alpha value is -2.75. The molecule has 2 atom stereocenters. The molecule has 2 aliphatic rings. The Morgan fingerprint density at radius 3 is 2.55 bits per heavy atom. The van der Waals surface area contributed by atoms with Gasteiger partial charge in [0.05, 0.1) is 11.0 Å². The number of aliphatic hydroxyl groups is 1. The zero-order chi connectivity index (χ0) is 23.8. The minimum Gasteiger partial charge on any atom is -0.454 e. The Bertz CT molecular complexity index is 1180. The molecule has 9 heteroatoms. The number of aryl methyl sites for hydroxylation is 2. The fraction of sp³-hybridized carbons (Fsp3) is 0.417. The number of ether oxygens (including phenoxy) is 1. The summed E-state index contributed by atoms with van der Waals surface area (Å²) in [6.45, 7) is 3.99. The minimum absolute atomic E-state index is 0.0561. The van der Waals surface area contributed by atoms with Crippen molar-refractivity contribution in [3.05, 3.63) is 64.7 Å². The maximum absolute atomic E-state index is 13.2. The van der Waals surface area contributed by atoms with Crippen LogP contribution in [0.15, 0.2) is 47.4 Å². The predicted octanol–water partition coefficient (Wildman–Crippen LogP) is 1.56. The molecule has 0 aliphatic carbocycles. The van der Waals surface area contributed by atoms with Gasteiger partial charge in [-0.1, -0.05) is 30.3 Å². The summed E-state index contributed by atoms with van der Waals surface area (Å²) in [6.07, 6.45) is -0.334. The zero-order valence-corrected chi connectivity index (χ0v) is 19.5. The first-order valence-electron chi connectivity index (χ1n) is 10.9. The van der Waals surface area contributed by atoms with Crippen LogP contribution in [0.3, 0.4) is 0 Å². The smallest absolute Gasteiger partial charge is 0.325 e. The summed E-state index contributed by atoms with van der Waals surface area (Å²) in [6, 6.07) is 11.5. The van der Waals surface area contributed by atoms with Crippen molar-refractivity contribution < 1.29 is 27.9 Å². The summed E-state index contributed by atoms with van der Waals surface area (Å²) >= 11 is 0. The van der Waals surface area contributed by atoms with E-state index in [1.54, 1.807) is 17.0 Å². The van der Waals surface area contributed by atoms with Gasteiger partial charge in [0.25, 0.3) is 5.91 Å². The highest BCUT2D eigenvalue weighted by atomic mass is 32.2. The van der Waals surface area contributed by atoms with Crippen LogP contribution in [-0.2, 0) is 37.3 Å². The van der Waals surface area contributed by atoms with Gasteiger partial charge in [0.15, 0.2) is 6.61 Å². The number of fused-ring (bicyclic) bond motifs is 1. The summed E-state index contributed by atoms with van der Waals surface area (Å²) in [5, 5.41) is 10.1. The second-order valence-corrected chi connectivity index (χ2v) is 10.6. The summed E-state index contributed by atoms with van der Waals surface area (Å²) in [5.74, 6) is -1.16. The molecule has 176 valence electrons. The lowest BCUT2D eigenvalue weighted by molar-refractivity contribution is -0.155.